The molecule has 0 unspecified atom stereocenters. The van der Waals surface area contributed by atoms with E-state index in [0.717, 1.165) is 16.4 Å². The van der Waals surface area contributed by atoms with Crippen LogP contribution in [0.4, 0.5) is 5.82 Å². The smallest absolute Gasteiger partial charge is 0.188 e. The summed E-state index contributed by atoms with van der Waals surface area (Å²) in [6, 6.07) is 9.96. The summed E-state index contributed by atoms with van der Waals surface area (Å²) in [6.45, 7) is 0. The number of rotatable bonds is 1. The van der Waals surface area contributed by atoms with Gasteiger partial charge in [-0.15, -0.1) is 0 Å². The maximum Gasteiger partial charge on any atom is 0.188 e. The first-order valence-electron chi connectivity index (χ1n) is 4.81. The number of hydrogen-bond acceptors (Lipinski definition) is 5. The molecule has 2 aromatic rings. The molecule has 4 nitrogen and oxygen atoms in total. The van der Waals surface area contributed by atoms with Crippen LogP contribution in [0.3, 0.4) is 0 Å². The minimum Gasteiger partial charge on any atom is -0.308 e. The molecule has 1 N–H and O–H groups in total. The summed E-state index contributed by atoms with van der Waals surface area (Å²) >= 11 is 1.44. The van der Waals surface area contributed by atoms with Crippen LogP contribution in [0.2, 0.25) is 0 Å². The number of fused-ring (bicyclic) bond motifs is 1. The zero-order chi connectivity index (χ0) is 10.8. The van der Waals surface area contributed by atoms with Gasteiger partial charge in [0, 0.05) is 29.9 Å². The van der Waals surface area contributed by atoms with E-state index in [-0.39, 0.29) is 0 Å². The molecule has 0 atom stereocenters. The van der Waals surface area contributed by atoms with Gasteiger partial charge in [-0.25, -0.2) is 15.0 Å². The van der Waals surface area contributed by atoms with Gasteiger partial charge in [-0.1, -0.05) is 30.3 Å². The first-order chi connectivity index (χ1) is 7.93. The Labute approximate surface area is 97.0 Å². The molecule has 0 radical (unpaired) electrons. The van der Waals surface area contributed by atoms with Crippen molar-refractivity contribution < 1.29 is 0 Å². The van der Waals surface area contributed by atoms with E-state index in [2.05, 4.69) is 19.7 Å². The lowest BCUT2D eigenvalue weighted by Gasteiger charge is -2.14. The van der Waals surface area contributed by atoms with E-state index in [0.29, 0.717) is 5.82 Å². The van der Waals surface area contributed by atoms with Crippen LogP contribution in [0.1, 0.15) is 5.56 Å². The third kappa shape index (κ3) is 1.65. The molecule has 78 valence electrons. The van der Waals surface area contributed by atoms with Crippen LogP contribution in [0.5, 0.6) is 0 Å². The summed E-state index contributed by atoms with van der Waals surface area (Å²) in [6.07, 6.45) is 3.31. The highest BCUT2D eigenvalue weighted by molar-refractivity contribution is 7.98. The Morgan fingerprint density at radius 2 is 1.81 bits per heavy atom. The number of benzene rings is 1. The van der Waals surface area contributed by atoms with Crippen LogP contribution in [0.15, 0.2) is 52.7 Å². The summed E-state index contributed by atoms with van der Waals surface area (Å²) in [4.78, 5) is 12.8. The molecule has 5 heteroatoms. The van der Waals surface area contributed by atoms with Crippen molar-refractivity contribution in [3.63, 3.8) is 0 Å². The minimum absolute atomic E-state index is 0.671. The normalized spacial score (nSPS) is 13.6. The molecule has 0 bridgehead atoms. The van der Waals surface area contributed by atoms with Crippen LogP contribution in [0.25, 0.3) is 0 Å². The molecule has 0 aliphatic carbocycles. The van der Waals surface area contributed by atoms with Crippen LogP contribution in [0, 0.1) is 0 Å². The van der Waals surface area contributed by atoms with Crippen LogP contribution >= 0.6 is 11.9 Å². The summed E-state index contributed by atoms with van der Waals surface area (Å²) < 4.78 is 3.16. The Balaban J connectivity index is 2.04. The highest BCUT2D eigenvalue weighted by Crippen LogP contribution is 2.27. The van der Waals surface area contributed by atoms with Gasteiger partial charge in [0.2, 0.25) is 0 Å². The molecule has 16 heavy (non-hydrogen) atoms. The average molecular weight is 228 g/mol. The third-order valence-electron chi connectivity index (χ3n) is 2.16. The second kappa shape index (κ2) is 3.94. The molecule has 3 rings (SSSR count). The van der Waals surface area contributed by atoms with Gasteiger partial charge in [0.05, 0.1) is 0 Å². The zero-order valence-corrected chi connectivity index (χ0v) is 9.11. The van der Waals surface area contributed by atoms with Gasteiger partial charge in [0.15, 0.2) is 10.8 Å². The lowest BCUT2D eigenvalue weighted by molar-refractivity contribution is 1.03. The molecular formula is C11H8N4S. The van der Waals surface area contributed by atoms with Gasteiger partial charge in [-0.3, -0.25) is 0 Å². The minimum atomic E-state index is 0.671. The van der Waals surface area contributed by atoms with Crippen molar-refractivity contribution in [2.24, 2.45) is 4.99 Å². The van der Waals surface area contributed by atoms with E-state index in [4.69, 9.17) is 0 Å². The lowest BCUT2D eigenvalue weighted by Crippen LogP contribution is -2.20. The summed E-state index contributed by atoms with van der Waals surface area (Å²) in [5.74, 6) is 1.49. The van der Waals surface area contributed by atoms with Crippen molar-refractivity contribution in [3.8, 4) is 0 Å². The highest BCUT2D eigenvalue weighted by atomic mass is 32.2. The van der Waals surface area contributed by atoms with Gasteiger partial charge in [-0.2, -0.15) is 0 Å². The number of hydrogen-bond donors (Lipinski definition) is 1. The fraction of sp³-hybridized carbons (Fsp3) is 0. The number of aliphatic imine (C=N–C) groups is 1. The Kier molecular flexibility index (Phi) is 2.30. The highest BCUT2D eigenvalue weighted by Gasteiger charge is 2.14. The Morgan fingerprint density at radius 1 is 1.00 bits per heavy atom. The predicted octanol–water partition coefficient (Wildman–Crippen LogP) is 2.17. The molecule has 2 heterocycles. The van der Waals surface area contributed by atoms with E-state index in [1.54, 1.807) is 12.4 Å². The predicted molar refractivity (Wildman–Crippen MR) is 63.7 cm³/mol. The van der Waals surface area contributed by atoms with Crippen molar-refractivity contribution >= 4 is 23.6 Å². The van der Waals surface area contributed by atoms with E-state index in [9.17, 15) is 0 Å². The maximum absolute atomic E-state index is 4.43. The second-order valence-corrected chi connectivity index (χ2v) is 4.01. The SMILES string of the molecule is c1ccc(C2=Nc3nccnc3SN2)cc1. The van der Waals surface area contributed by atoms with Crippen LogP contribution in [-0.4, -0.2) is 15.8 Å². The van der Waals surface area contributed by atoms with Gasteiger partial charge < -0.3 is 4.72 Å². The number of amidine groups is 1. The third-order valence-corrected chi connectivity index (χ3v) is 2.93. The van der Waals surface area contributed by atoms with E-state index < -0.39 is 0 Å². The molecule has 1 aliphatic heterocycles. The molecule has 0 amide bonds. The van der Waals surface area contributed by atoms with Crippen molar-refractivity contribution in [1.82, 2.24) is 14.7 Å². The van der Waals surface area contributed by atoms with Gasteiger partial charge in [0.25, 0.3) is 0 Å². The fourth-order valence-electron chi connectivity index (χ4n) is 1.41. The monoisotopic (exact) mass is 228 g/mol. The topological polar surface area (TPSA) is 50.2 Å². The molecule has 0 spiro atoms. The Bertz CT molecular complexity index is 539. The summed E-state index contributed by atoms with van der Waals surface area (Å²) in [7, 11) is 0. The van der Waals surface area contributed by atoms with E-state index in [1.165, 1.54) is 11.9 Å². The second-order valence-electron chi connectivity index (χ2n) is 3.22. The molecule has 1 aromatic heterocycles. The average Bonchev–Trinajstić information content (AvgIpc) is 2.39. The lowest BCUT2D eigenvalue weighted by atomic mass is 10.2. The Hall–Kier alpha value is -1.88. The van der Waals surface area contributed by atoms with Crippen LogP contribution < -0.4 is 4.72 Å². The fourth-order valence-corrected chi connectivity index (χ4v) is 2.07. The number of aromatic nitrogens is 2. The largest absolute Gasteiger partial charge is 0.308 e. The molecule has 1 aromatic carbocycles. The number of nitrogens with zero attached hydrogens (tertiary/aromatic N) is 3. The van der Waals surface area contributed by atoms with Gasteiger partial charge in [-0.05, 0) is 0 Å². The van der Waals surface area contributed by atoms with E-state index >= 15 is 0 Å². The van der Waals surface area contributed by atoms with Crippen LogP contribution in [-0.2, 0) is 0 Å². The Morgan fingerprint density at radius 3 is 2.69 bits per heavy atom. The maximum atomic E-state index is 4.43. The zero-order valence-electron chi connectivity index (χ0n) is 8.29. The van der Waals surface area contributed by atoms with Crippen molar-refractivity contribution in [2.45, 2.75) is 5.03 Å². The quantitative estimate of drug-likeness (QED) is 0.760. The van der Waals surface area contributed by atoms with Crippen molar-refractivity contribution in [2.75, 3.05) is 0 Å². The first-order valence-corrected chi connectivity index (χ1v) is 5.63. The van der Waals surface area contributed by atoms with Gasteiger partial charge >= 0.3 is 0 Å². The van der Waals surface area contributed by atoms with Gasteiger partial charge in [0.1, 0.15) is 5.84 Å². The number of nitrogens with one attached hydrogen (secondary N) is 1. The molecular weight excluding hydrogens is 220 g/mol. The van der Waals surface area contributed by atoms with Crippen molar-refractivity contribution in [3.05, 3.63) is 48.3 Å². The molecule has 0 saturated heterocycles. The van der Waals surface area contributed by atoms with E-state index in [1.807, 2.05) is 30.3 Å². The molecule has 1 aliphatic rings. The first kappa shape index (κ1) is 9.35. The summed E-state index contributed by atoms with van der Waals surface area (Å²) in [5.41, 5.74) is 1.05. The standard InChI is InChI=1S/C11H8N4S/c1-2-4-8(5-3-1)9-14-10-11(16-15-9)13-7-6-12-10/h1-7H,(H,12,14,15). The van der Waals surface area contributed by atoms with Crippen molar-refractivity contribution in [1.29, 1.82) is 0 Å². The molecule has 0 saturated carbocycles. The summed E-state index contributed by atoms with van der Waals surface area (Å²) in [5, 5.41) is 0.808. The molecule has 0 fully saturated rings.